The molecule has 0 radical (unpaired) electrons. The van der Waals surface area contributed by atoms with Crippen molar-refractivity contribution in [2.45, 2.75) is 45.3 Å². The number of carbonyl (C=O) groups excluding carboxylic acids is 3. The molecule has 0 amide bonds. The highest BCUT2D eigenvalue weighted by Gasteiger charge is 2.44. The molecule has 3 aromatic heterocycles. The van der Waals surface area contributed by atoms with E-state index < -0.39 is 54.8 Å². The van der Waals surface area contributed by atoms with Crippen LogP contribution in [0.5, 0.6) is 0 Å². The third kappa shape index (κ3) is 5.53. The van der Waals surface area contributed by atoms with Crippen molar-refractivity contribution in [1.82, 2.24) is 29.3 Å². The Kier molecular flexibility index (Phi) is 8.39. The molecule has 4 heterocycles. The molecule has 16 heteroatoms. The van der Waals surface area contributed by atoms with Crippen LogP contribution in [0.15, 0.2) is 23.7 Å². The van der Waals surface area contributed by atoms with Crippen molar-refractivity contribution >= 4 is 40.9 Å². The summed E-state index contributed by atoms with van der Waals surface area (Å²) in [7, 11) is 0. The van der Waals surface area contributed by atoms with Crippen LogP contribution in [0.25, 0.3) is 17.1 Å². The molecule has 1 saturated heterocycles. The number of aliphatic hydroxyl groups excluding tert-OH is 3. The molecule has 4 rings (SSSR count). The Morgan fingerprint density at radius 3 is 2.56 bits per heavy atom. The van der Waals surface area contributed by atoms with E-state index >= 15 is 0 Å². The highest BCUT2D eigenvalue weighted by Crippen LogP contribution is 2.33. The van der Waals surface area contributed by atoms with Gasteiger partial charge < -0.3 is 29.5 Å². The highest BCUT2D eigenvalue weighted by atomic mass is 16.6. The van der Waals surface area contributed by atoms with Crippen LogP contribution in [-0.4, -0.2) is 107 Å². The summed E-state index contributed by atoms with van der Waals surface area (Å²) in [6.45, 7) is 4.16. The lowest BCUT2D eigenvalue weighted by molar-refractivity contribution is -0.148. The fourth-order valence-electron chi connectivity index (χ4n) is 3.84. The van der Waals surface area contributed by atoms with Gasteiger partial charge in [0.25, 0.3) is 5.95 Å². The van der Waals surface area contributed by atoms with Gasteiger partial charge in [0, 0.05) is 12.4 Å². The average molecular weight is 546 g/mol. The van der Waals surface area contributed by atoms with Crippen LogP contribution in [0, 0.1) is 5.92 Å². The first-order valence-electron chi connectivity index (χ1n) is 12.0. The van der Waals surface area contributed by atoms with E-state index in [0.717, 1.165) is 6.21 Å². The van der Waals surface area contributed by atoms with Gasteiger partial charge in [-0.25, -0.2) is 19.5 Å². The van der Waals surface area contributed by atoms with Crippen LogP contribution in [0.3, 0.4) is 0 Å². The van der Waals surface area contributed by atoms with Crippen molar-refractivity contribution in [3.05, 3.63) is 24.3 Å². The summed E-state index contributed by atoms with van der Waals surface area (Å²) in [5, 5.41) is 34.3. The Bertz CT molecular complexity index is 1400. The number of fused-ring (bicyclic) bond motifs is 1. The number of aliphatic hydroxyl groups is 3. The van der Waals surface area contributed by atoms with Crippen molar-refractivity contribution in [2.75, 3.05) is 19.8 Å². The number of aromatic nitrogens is 6. The molecule has 0 bridgehead atoms. The Balaban J connectivity index is 1.83. The van der Waals surface area contributed by atoms with E-state index in [0.29, 0.717) is 0 Å². The van der Waals surface area contributed by atoms with Gasteiger partial charge >= 0.3 is 11.9 Å². The molecule has 1 fully saturated rings. The van der Waals surface area contributed by atoms with Crippen LogP contribution >= 0.6 is 0 Å². The summed E-state index contributed by atoms with van der Waals surface area (Å²) in [4.78, 5) is 53.7. The van der Waals surface area contributed by atoms with Crippen molar-refractivity contribution in [1.29, 1.82) is 0 Å². The van der Waals surface area contributed by atoms with Crippen LogP contribution in [0.4, 0.5) is 5.82 Å². The Morgan fingerprint density at radius 1 is 1.18 bits per heavy atom. The normalized spacial score (nSPS) is 21.9. The minimum atomic E-state index is -1.43. The van der Waals surface area contributed by atoms with Gasteiger partial charge in [-0.05, 0) is 20.8 Å². The van der Waals surface area contributed by atoms with Gasteiger partial charge in [-0.1, -0.05) is 0 Å². The molecule has 0 saturated carbocycles. The number of imidazole rings is 1. The molecule has 208 valence electrons. The van der Waals surface area contributed by atoms with Crippen molar-refractivity contribution in [3.63, 3.8) is 0 Å². The lowest BCUT2D eigenvalue weighted by Crippen LogP contribution is -2.33. The molecule has 1 aliphatic rings. The highest BCUT2D eigenvalue weighted by molar-refractivity contribution is 6.11. The maximum atomic E-state index is 12.2. The molecule has 0 aromatic carbocycles. The van der Waals surface area contributed by atoms with Crippen molar-refractivity contribution in [3.8, 4) is 5.95 Å². The largest absolute Gasteiger partial charge is 0.465 e. The Labute approximate surface area is 220 Å². The summed E-state index contributed by atoms with van der Waals surface area (Å²) in [6, 6.07) is 0. The zero-order chi connectivity index (χ0) is 28.3. The van der Waals surface area contributed by atoms with Gasteiger partial charge in [-0.3, -0.25) is 14.2 Å². The zero-order valence-corrected chi connectivity index (χ0v) is 21.2. The fourth-order valence-corrected chi connectivity index (χ4v) is 3.84. The number of carbonyl (C=O) groups is 3. The van der Waals surface area contributed by atoms with E-state index in [1.807, 2.05) is 0 Å². The van der Waals surface area contributed by atoms with Crippen LogP contribution in [0.1, 0.15) is 37.4 Å². The summed E-state index contributed by atoms with van der Waals surface area (Å²) in [5.41, 5.74) is 0.295. The number of ether oxygens (including phenoxy) is 3. The van der Waals surface area contributed by atoms with Gasteiger partial charge in [0.05, 0.1) is 37.9 Å². The molecule has 3 N–H and O–H groups in total. The SMILES string of the molecule is CCOC(=O)c1cnn(-c2nc(N=CC(C(C)=O)C(=O)OCC)c3ncn([C@@H]4O[C@H](CO)[C@@H](O)[C@H]4O)c3n2)c1. The van der Waals surface area contributed by atoms with Gasteiger partial charge in [-0.15, -0.1) is 0 Å². The summed E-state index contributed by atoms with van der Waals surface area (Å²) >= 11 is 0. The van der Waals surface area contributed by atoms with Gasteiger partial charge in [0.2, 0.25) is 0 Å². The minimum absolute atomic E-state index is 0.0647. The first-order valence-corrected chi connectivity index (χ1v) is 12.0. The van der Waals surface area contributed by atoms with Crippen LogP contribution in [0.2, 0.25) is 0 Å². The topological polar surface area (TPSA) is 213 Å². The molecule has 0 aliphatic carbocycles. The Hall–Kier alpha value is -4.12. The maximum Gasteiger partial charge on any atom is 0.341 e. The molecule has 39 heavy (non-hydrogen) atoms. The molecular formula is C23H27N7O9. The third-order valence-corrected chi connectivity index (χ3v) is 5.81. The van der Waals surface area contributed by atoms with E-state index in [9.17, 15) is 29.7 Å². The number of hydrogen-bond donors (Lipinski definition) is 3. The standard InChI is InChI=1S/C23H27N7O9/c1-4-37-21(35)12-6-26-30(8-12)23-27-18(24-7-13(11(3)32)22(36)38-5-2)15-19(28-23)29(10-25-15)20-17(34)16(33)14(9-31)39-20/h6-8,10,13-14,16-17,20,31,33-34H,4-5,9H2,1-3H3/t13?,14-,16-,17-,20-/m1/s1. The summed E-state index contributed by atoms with van der Waals surface area (Å²) in [6.07, 6.45) is -0.125. The lowest BCUT2D eigenvalue weighted by atomic mass is 10.1. The van der Waals surface area contributed by atoms with Crippen LogP contribution < -0.4 is 0 Å². The molecule has 5 atom stereocenters. The fraction of sp³-hybridized carbons (Fsp3) is 0.478. The monoisotopic (exact) mass is 545 g/mol. The molecule has 1 unspecified atom stereocenters. The number of Topliss-reactive ketones (excluding diaryl/α,β-unsaturated/α-hetero) is 1. The second-order valence-electron chi connectivity index (χ2n) is 8.41. The van der Waals surface area contributed by atoms with E-state index in [4.69, 9.17) is 14.2 Å². The third-order valence-electron chi connectivity index (χ3n) is 5.81. The molecule has 0 spiro atoms. The zero-order valence-electron chi connectivity index (χ0n) is 21.2. The van der Waals surface area contributed by atoms with Crippen LogP contribution in [-0.2, 0) is 23.8 Å². The molecule has 3 aromatic rings. The number of rotatable bonds is 10. The molecule has 1 aliphatic heterocycles. The lowest BCUT2D eigenvalue weighted by Gasteiger charge is -2.16. The Morgan fingerprint density at radius 2 is 1.92 bits per heavy atom. The number of esters is 2. The predicted molar refractivity (Wildman–Crippen MR) is 130 cm³/mol. The smallest absolute Gasteiger partial charge is 0.341 e. The second kappa shape index (κ2) is 11.7. The van der Waals surface area contributed by atoms with E-state index in [1.165, 1.54) is 34.9 Å². The predicted octanol–water partition coefficient (Wildman–Crippen LogP) is -0.729. The molecular weight excluding hydrogens is 518 g/mol. The number of aliphatic imine (C=N–C) groups is 1. The summed E-state index contributed by atoms with van der Waals surface area (Å²) in [5.74, 6) is -3.38. The second-order valence-corrected chi connectivity index (χ2v) is 8.41. The van der Waals surface area contributed by atoms with Gasteiger partial charge in [0.15, 0.2) is 29.1 Å². The number of nitrogens with zero attached hydrogens (tertiary/aromatic N) is 7. The minimum Gasteiger partial charge on any atom is -0.465 e. The number of hydrogen-bond acceptors (Lipinski definition) is 14. The average Bonchev–Trinajstić information content (AvgIpc) is 3.62. The van der Waals surface area contributed by atoms with E-state index in [1.54, 1.807) is 13.8 Å². The first-order chi connectivity index (χ1) is 18.7. The quantitative estimate of drug-likeness (QED) is 0.163. The van der Waals surface area contributed by atoms with Crippen molar-refractivity contribution in [2.24, 2.45) is 10.9 Å². The molecule has 16 nitrogen and oxygen atoms in total. The van der Waals surface area contributed by atoms with Gasteiger partial charge in [0.1, 0.15) is 24.1 Å². The van der Waals surface area contributed by atoms with E-state index in [2.05, 4.69) is 25.0 Å². The van der Waals surface area contributed by atoms with E-state index in [-0.39, 0.29) is 41.7 Å². The first kappa shape index (κ1) is 27.9. The summed E-state index contributed by atoms with van der Waals surface area (Å²) < 4.78 is 18.0. The van der Waals surface area contributed by atoms with Crippen molar-refractivity contribution < 1.29 is 43.9 Å². The number of ketones is 1. The van der Waals surface area contributed by atoms with Gasteiger partial charge in [-0.2, -0.15) is 15.1 Å². The maximum absolute atomic E-state index is 12.2.